The summed E-state index contributed by atoms with van der Waals surface area (Å²) in [5.74, 6) is 0. The SMILES string of the molecule is CCCCCC.C[CH2][Al+2].[Cl-].[Cl-]. The Bertz CT molecular complexity index is 31.3. The second-order valence-electron chi connectivity index (χ2n) is 2.12. The van der Waals surface area contributed by atoms with Crippen molar-refractivity contribution in [3.8, 4) is 0 Å². The van der Waals surface area contributed by atoms with Crippen molar-refractivity contribution in [1.29, 1.82) is 0 Å². The first-order valence-electron chi connectivity index (χ1n) is 4.03. The molecule has 0 aromatic heterocycles. The van der Waals surface area contributed by atoms with E-state index in [-0.39, 0.29) is 24.8 Å². The van der Waals surface area contributed by atoms with E-state index in [1.54, 1.807) is 0 Å². The fourth-order valence-electron chi connectivity index (χ4n) is 0.500. The molecule has 0 fully saturated rings. The van der Waals surface area contributed by atoms with Crippen LogP contribution in [-0.2, 0) is 0 Å². The van der Waals surface area contributed by atoms with Crippen molar-refractivity contribution in [3.05, 3.63) is 0 Å². The third-order valence-corrected chi connectivity index (χ3v) is 0.957. The molecule has 0 rings (SSSR count). The average Bonchev–Trinajstić information content (AvgIpc) is 1.86. The van der Waals surface area contributed by atoms with E-state index >= 15 is 0 Å². The molecular formula is C8H19AlCl2. The Morgan fingerprint density at radius 1 is 0.818 bits per heavy atom. The smallest absolute Gasteiger partial charge is 1.00 e. The molecule has 3 heteroatoms. The molecule has 0 bridgehead atoms. The molecule has 11 heavy (non-hydrogen) atoms. The van der Waals surface area contributed by atoms with Crippen LogP contribution >= 0.6 is 0 Å². The van der Waals surface area contributed by atoms with Crippen molar-refractivity contribution in [3.63, 3.8) is 0 Å². The van der Waals surface area contributed by atoms with E-state index in [1.165, 1.54) is 31.0 Å². The van der Waals surface area contributed by atoms with Gasteiger partial charge in [0.15, 0.2) is 0 Å². The van der Waals surface area contributed by atoms with Crippen LogP contribution in [-0.4, -0.2) is 16.3 Å². The zero-order chi connectivity index (χ0) is 7.54. The quantitative estimate of drug-likeness (QED) is 0.350. The summed E-state index contributed by atoms with van der Waals surface area (Å²) < 4.78 is 0. The largest absolute Gasteiger partial charge is 1.00 e. The fraction of sp³-hybridized carbons (Fsp3) is 1.00. The van der Waals surface area contributed by atoms with E-state index in [0.717, 1.165) is 0 Å². The van der Waals surface area contributed by atoms with Gasteiger partial charge < -0.3 is 24.8 Å². The van der Waals surface area contributed by atoms with Gasteiger partial charge in [0.25, 0.3) is 0 Å². The van der Waals surface area contributed by atoms with Gasteiger partial charge in [0, 0.05) is 0 Å². The van der Waals surface area contributed by atoms with Crippen LogP contribution in [0.2, 0.25) is 5.28 Å². The third kappa shape index (κ3) is 54.6. The summed E-state index contributed by atoms with van der Waals surface area (Å²) in [7, 11) is 0. The van der Waals surface area contributed by atoms with Crippen LogP contribution in [0.1, 0.15) is 46.5 Å². The predicted molar refractivity (Wildman–Crippen MR) is 46.1 cm³/mol. The maximum absolute atomic E-state index is 2.58. The van der Waals surface area contributed by atoms with E-state index in [1.807, 2.05) is 0 Å². The Hall–Kier alpha value is 1.11. The van der Waals surface area contributed by atoms with E-state index in [2.05, 4.69) is 37.1 Å². The van der Waals surface area contributed by atoms with Gasteiger partial charge in [-0.3, -0.25) is 0 Å². The molecule has 0 spiro atoms. The number of hydrogen-bond acceptors (Lipinski definition) is 0. The Balaban J connectivity index is -0.0000000437. The molecule has 68 valence electrons. The number of halogens is 2. The van der Waals surface area contributed by atoms with Gasteiger partial charge in [0.05, 0.1) is 0 Å². The normalized spacial score (nSPS) is 6.64. The monoisotopic (exact) mass is 212 g/mol. The minimum Gasteiger partial charge on any atom is -1.00 e. The molecular weight excluding hydrogens is 194 g/mol. The summed E-state index contributed by atoms with van der Waals surface area (Å²) in [5.41, 5.74) is 0. The fourth-order valence-corrected chi connectivity index (χ4v) is 0.500. The van der Waals surface area contributed by atoms with Gasteiger partial charge in [0.1, 0.15) is 0 Å². The van der Waals surface area contributed by atoms with Crippen LogP contribution in [0.25, 0.3) is 0 Å². The molecule has 0 N–H and O–H groups in total. The molecule has 0 unspecified atom stereocenters. The van der Waals surface area contributed by atoms with Crippen LogP contribution in [0.15, 0.2) is 0 Å². The van der Waals surface area contributed by atoms with Crippen molar-refractivity contribution in [2.24, 2.45) is 0 Å². The third-order valence-electron chi connectivity index (χ3n) is 0.957. The molecule has 0 aromatic carbocycles. The zero-order valence-electron chi connectivity index (χ0n) is 7.87. The summed E-state index contributed by atoms with van der Waals surface area (Å²) >= 11 is 2.58. The first-order chi connectivity index (χ1) is 4.33. The van der Waals surface area contributed by atoms with Gasteiger partial charge in [-0.1, -0.05) is 39.5 Å². The Kier molecular flexibility index (Phi) is 62.8. The van der Waals surface area contributed by atoms with Gasteiger partial charge in [0.2, 0.25) is 0 Å². The maximum Gasteiger partial charge on any atom is -1.00 e. The summed E-state index contributed by atoms with van der Waals surface area (Å²) in [6.45, 7) is 6.55. The summed E-state index contributed by atoms with van der Waals surface area (Å²) in [6.07, 6.45) is 5.54. The molecule has 0 radical (unpaired) electrons. The maximum atomic E-state index is 2.58. The minimum atomic E-state index is 0. The molecule has 0 aliphatic heterocycles. The van der Waals surface area contributed by atoms with E-state index in [0.29, 0.717) is 0 Å². The van der Waals surface area contributed by atoms with Crippen molar-refractivity contribution < 1.29 is 24.8 Å². The van der Waals surface area contributed by atoms with E-state index < -0.39 is 0 Å². The van der Waals surface area contributed by atoms with E-state index in [4.69, 9.17) is 0 Å². The summed E-state index contributed by atoms with van der Waals surface area (Å²) in [5, 5.41) is 1.17. The molecule has 0 saturated carbocycles. The van der Waals surface area contributed by atoms with Gasteiger partial charge in [-0.2, -0.15) is 0 Å². The molecule has 0 aliphatic rings. The van der Waals surface area contributed by atoms with Crippen LogP contribution in [0.5, 0.6) is 0 Å². The standard InChI is InChI=1S/C6H14.C2H5.Al.2ClH/c1-3-5-6-4-2;1-2;;;/h3-6H2,1-2H3;1H2,2H3;;2*1H/q;;+2;;/p-2. The zero-order valence-corrected chi connectivity index (χ0v) is 10.5. The van der Waals surface area contributed by atoms with Crippen molar-refractivity contribution in [2.45, 2.75) is 51.7 Å². The number of hydrogen-bond donors (Lipinski definition) is 0. The molecule has 0 aliphatic carbocycles. The summed E-state index contributed by atoms with van der Waals surface area (Å²) in [6, 6.07) is 0. The number of unbranched alkanes of at least 4 members (excludes halogenated alkanes) is 3. The van der Waals surface area contributed by atoms with Gasteiger partial charge in [-0.25, -0.2) is 0 Å². The second-order valence-corrected chi connectivity index (χ2v) is 2.93. The molecule has 0 heterocycles. The van der Waals surface area contributed by atoms with Gasteiger partial charge >= 0.3 is 28.5 Å². The Morgan fingerprint density at radius 3 is 1.09 bits per heavy atom. The Labute approximate surface area is 92.8 Å². The first kappa shape index (κ1) is 22.7. The van der Waals surface area contributed by atoms with Crippen molar-refractivity contribution >= 4 is 16.3 Å². The molecule has 0 nitrogen and oxygen atoms in total. The average molecular weight is 213 g/mol. The molecule has 0 aromatic rings. The topological polar surface area (TPSA) is 0 Å². The van der Waals surface area contributed by atoms with Crippen LogP contribution in [0, 0.1) is 0 Å². The Morgan fingerprint density at radius 2 is 1.00 bits per heavy atom. The first-order valence-corrected chi connectivity index (χ1v) is 4.85. The molecule has 0 amide bonds. The molecule has 0 saturated heterocycles. The van der Waals surface area contributed by atoms with Gasteiger partial charge in [-0.05, 0) is 0 Å². The van der Waals surface area contributed by atoms with Crippen LogP contribution < -0.4 is 24.8 Å². The van der Waals surface area contributed by atoms with Crippen molar-refractivity contribution in [2.75, 3.05) is 0 Å². The predicted octanol–water partition coefficient (Wildman–Crippen LogP) is -2.81. The van der Waals surface area contributed by atoms with Crippen LogP contribution in [0.4, 0.5) is 0 Å². The second kappa shape index (κ2) is 30.4. The minimum absolute atomic E-state index is 0. The summed E-state index contributed by atoms with van der Waals surface area (Å²) in [4.78, 5) is 0. The van der Waals surface area contributed by atoms with Crippen LogP contribution in [0.3, 0.4) is 0 Å². The van der Waals surface area contributed by atoms with E-state index in [9.17, 15) is 0 Å². The van der Waals surface area contributed by atoms with Crippen molar-refractivity contribution in [1.82, 2.24) is 0 Å². The number of rotatable bonds is 3. The van der Waals surface area contributed by atoms with Gasteiger partial charge in [-0.15, -0.1) is 0 Å². The molecule has 0 atom stereocenters.